The van der Waals surface area contributed by atoms with E-state index in [1.54, 1.807) is 0 Å². The highest BCUT2D eigenvalue weighted by Crippen LogP contribution is 2.27. The zero-order valence-corrected chi connectivity index (χ0v) is 20.9. The third kappa shape index (κ3) is 5.42. The van der Waals surface area contributed by atoms with Gasteiger partial charge in [-0.15, -0.1) is 0 Å². The van der Waals surface area contributed by atoms with Gasteiger partial charge in [-0.2, -0.15) is 4.98 Å². The molecular formula is C24H28ClN5O3S. The molecule has 2 aromatic carbocycles. The number of para-hydroxylation sites is 1. The Labute approximate surface area is 204 Å². The van der Waals surface area contributed by atoms with Crippen LogP contribution >= 0.6 is 11.6 Å². The standard InChI is InChI=1S/C24H28ClN5O3S/c1-30(2)22-19-6-4-5-7-21(19)28-24(29-22)27-16-10-8-15(9-11-16)26-23(31)18-13-12-17(14-20(18)25)34(3,32)33/h4-7,12-16H,8-11H2,1-3H3,(H,26,31)(H,27,28,29)/t15-,16+. The van der Waals surface area contributed by atoms with Crippen LogP contribution in [0.4, 0.5) is 11.8 Å². The molecule has 1 amide bonds. The number of aromatic nitrogens is 2. The van der Waals surface area contributed by atoms with Crippen LogP contribution < -0.4 is 15.5 Å². The van der Waals surface area contributed by atoms with Crippen LogP contribution in [-0.2, 0) is 9.84 Å². The molecule has 0 radical (unpaired) electrons. The van der Waals surface area contributed by atoms with Gasteiger partial charge in [0.15, 0.2) is 9.84 Å². The molecule has 0 aliphatic heterocycles. The van der Waals surface area contributed by atoms with Gasteiger partial charge in [-0.25, -0.2) is 13.4 Å². The average molecular weight is 502 g/mol. The van der Waals surface area contributed by atoms with Crippen molar-refractivity contribution in [1.29, 1.82) is 0 Å². The average Bonchev–Trinajstić information content (AvgIpc) is 2.79. The summed E-state index contributed by atoms with van der Waals surface area (Å²) in [6, 6.07) is 12.4. The Morgan fingerprint density at radius 2 is 1.71 bits per heavy atom. The number of sulfone groups is 1. The van der Waals surface area contributed by atoms with E-state index in [0.29, 0.717) is 5.95 Å². The third-order valence-electron chi connectivity index (χ3n) is 6.02. The second kappa shape index (κ2) is 9.76. The summed E-state index contributed by atoms with van der Waals surface area (Å²) in [5, 5.41) is 7.62. The molecule has 0 saturated heterocycles. The van der Waals surface area contributed by atoms with Crippen molar-refractivity contribution in [3.05, 3.63) is 53.1 Å². The Kier molecular flexibility index (Phi) is 6.95. The fraction of sp³-hybridized carbons (Fsp3) is 0.375. The lowest BCUT2D eigenvalue weighted by Gasteiger charge is -2.30. The number of nitrogens with zero attached hydrogens (tertiary/aromatic N) is 3. The fourth-order valence-electron chi connectivity index (χ4n) is 4.20. The van der Waals surface area contributed by atoms with Crippen molar-refractivity contribution in [2.75, 3.05) is 30.6 Å². The van der Waals surface area contributed by atoms with Crippen molar-refractivity contribution in [3.8, 4) is 0 Å². The Hall–Kier alpha value is -2.91. The van der Waals surface area contributed by atoms with Crippen LogP contribution in [0.15, 0.2) is 47.4 Å². The van der Waals surface area contributed by atoms with Crippen LogP contribution in [0.25, 0.3) is 10.9 Å². The van der Waals surface area contributed by atoms with Gasteiger partial charge in [-0.05, 0) is 56.0 Å². The van der Waals surface area contributed by atoms with Gasteiger partial charge in [0, 0.05) is 37.8 Å². The zero-order valence-electron chi connectivity index (χ0n) is 19.4. The first-order valence-electron chi connectivity index (χ1n) is 11.1. The zero-order chi connectivity index (χ0) is 24.5. The summed E-state index contributed by atoms with van der Waals surface area (Å²) in [5.41, 5.74) is 1.17. The first-order valence-corrected chi connectivity index (χ1v) is 13.4. The lowest BCUT2D eigenvalue weighted by Crippen LogP contribution is -2.40. The van der Waals surface area contributed by atoms with E-state index in [2.05, 4.69) is 15.6 Å². The van der Waals surface area contributed by atoms with E-state index in [0.717, 1.165) is 48.7 Å². The summed E-state index contributed by atoms with van der Waals surface area (Å²) >= 11 is 6.19. The van der Waals surface area contributed by atoms with Gasteiger partial charge in [0.2, 0.25) is 5.95 Å². The lowest BCUT2D eigenvalue weighted by molar-refractivity contribution is 0.0926. The van der Waals surface area contributed by atoms with Crippen molar-refractivity contribution in [2.24, 2.45) is 0 Å². The summed E-state index contributed by atoms with van der Waals surface area (Å²) in [6.07, 6.45) is 4.43. The Bertz CT molecular complexity index is 1320. The van der Waals surface area contributed by atoms with Crippen molar-refractivity contribution in [1.82, 2.24) is 15.3 Å². The molecule has 1 aromatic heterocycles. The van der Waals surface area contributed by atoms with Crippen LogP contribution in [0, 0.1) is 0 Å². The summed E-state index contributed by atoms with van der Waals surface area (Å²) < 4.78 is 23.4. The number of fused-ring (bicyclic) bond motifs is 1. The molecule has 34 heavy (non-hydrogen) atoms. The number of hydrogen-bond acceptors (Lipinski definition) is 7. The number of nitrogens with one attached hydrogen (secondary N) is 2. The minimum absolute atomic E-state index is 0.0195. The fourth-order valence-corrected chi connectivity index (χ4v) is 5.18. The monoisotopic (exact) mass is 501 g/mol. The molecule has 4 rings (SSSR count). The molecule has 0 spiro atoms. The maximum absolute atomic E-state index is 12.7. The molecule has 2 N–H and O–H groups in total. The molecule has 1 saturated carbocycles. The third-order valence-corrected chi connectivity index (χ3v) is 7.44. The highest BCUT2D eigenvalue weighted by atomic mass is 35.5. The molecule has 180 valence electrons. The van der Waals surface area contributed by atoms with Gasteiger partial charge in [-0.3, -0.25) is 4.79 Å². The number of halogens is 1. The number of rotatable bonds is 6. The first kappa shape index (κ1) is 24.2. The van der Waals surface area contributed by atoms with Gasteiger partial charge >= 0.3 is 0 Å². The first-order chi connectivity index (χ1) is 16.1. The normalized spacial score (nSPS) is 18.5. The van der Waals surface area contributed by atoms with E-state index in [-0.39, 0.29) is 33.5 Å². The Morgan fingerprint density at radius 1 is 1.03 bits per heavy atom. The van der Waals surface area contributed by atoms with Crippen LogP contribution in [-0.4, -0.2) is 56.7 Å². The molecule has 10 heteroatoms. The van der Waals surface area contributed by atoms with Crippen LogP contribution in [0.1, 0.15) is 36.0 Å². The van der Waals surface area contributed by atoms with Gasteiger partial charge in [0.05, 0.1) is 21.0 Å². The molecular weight excluding hydrogens is 474 g/mol. The van der Waals surface area contributed by atoms with Gasteiger partial charge in [0.1, 0.15) is 5.82 Å². The molecule has 0 unspecified atom stereocenters. The van der Waals surface area contributed by atoms with E-state index in [9.17, 15) is 13.2 Å². The quantitative estimate of drug-likeness (QED) is 0.527. The Morgan fingerprint density at radius 3 is 2.35 bits per heavy atom. The second-order valence-electron chi connectivity index (χ2n) is 8.86. The number of anilines is 2. The van der Waals surface area contributed by atoms with Crippen molar-refractivity contribution in [3.63, 3.8) is 0 Å². The summed E-state index contributed by atoms with van der Waals surface area (Å²) in [6.45, 7) is 0. The van der Waals surface area contributed by atoms with Crippen LogP contribution in [0.3, 0.4) is 0 Å². The van der Waals surface area contributed by atoms with E-state index in [1.807, 2.05) is 43.3 Å². The SMILES string of the molecule is CN(C)c1nc(N[C@H]2CC[C@@H](NC(=O)c3ccc(S(C)(=O)=O)cc3Cl)CC2)nc2ccccc12. The Balaban J connectivity index is 1.37. The molecule has 1 aliphatic carbocycles. The summed E-state index contributed by atoms with van der Waals surface area (Å²) in [7, 11) is 0.549. The summed E-state index contributed by atoms with van der Waals surface area (Å²) in [4.78, 5) is 24.2. The van der Waals surface area contributed by atoms with Crippen molar-refractivity contribution in [2.45, 2.75) is 42.7 Å². The molecule has 3 aromatic rings. The number of benzene rings is 2. The van der Waals surface area contributed by atoms with Crippen LogP contribution in [0.2, 0.25) is 5.02 Å². The highest BCUT2D eigenvalue weighted by Gasteiger charge is 2.25. The minimum Gasteiger partial charge on any atom is -0.362 e. The number of carbonyl (C=O) groups is 1. The molecule has 0 atom stereocenters. The number of amides is 1. The van der Waals surface area contributed by atoms with Gasteiger partial charge in [-0.1, -0.05) is 23.7 Å². The topological polar surface area (TPSA) is 104 Å². The molecule has 8 nitrogen and oxygen atoms in total. The molecule has 0 bridgehead atoms. The van der Waals surface area contributed by atoms with E-state index in [1.165, 1.54) is 18.2 Å². The number of hydrogen-bond donors (Lipinski definition) is 2. The molecule has 1 aliphatic rings. The van der Waals surface area contributed by atoms with Crippen molar-refractivity contribution < 1.29 is 13.2 Å². The predicted molar refractivity (Wildman–Crippen MR) is 136 cm³/mol. The van der Waals surface area contributed by atoms with E-state index in [4.69, 9.17) is 16.6 Å². The van der Waals surface area contributed by atoms with Gasteiger partial charge in [0.25, 0.3) is 5.91 Å². The molecule has 1 fully saturated rings. The van der Waals surface area contributed by atoms with E-state index < -0.39 is 9.84 Å². The minimum atomic E-state index is -3.38. The number of carbonyl (C=O) groups excluding carboxylic acids is 1. The van der Waals surface area contributed by atoms with E-state index >= 15 is 0 Å². The lowest BCUT2D eigenvalue weighted by atomic mass is 9.91. The maximum Gasteiger partial charge on any atom is 0.253 e. The second-order valence-corrected chi connectivity index (χ2v) is 11.3. The predicted octanol–water partition coefficient (Wildman–Crippen LogP) is 3.91. The summed E-state index contributed by atoms with van der Waals surface area (Å²) in [5.74, 6) is 1.18. The smallest absolute Gasteiger partial charge is 0.253 e. The van der Waals surface area contributed by atoms with Crippen LogP contribution in [0.5, 0.6) is 0 Å². The molecule has 1 heterocycles. The van der Waals surface area contributed by atoms with Gasteiger partial charge < -0.3 is 15.5 Å². The highest BCUT2D eigenvalue weighted by molar-refractivity contribution is 7.90. The maximum atomic E-state index is 12.7. The van der Waals surface area contributed by atoms with Crippen molar-refractivity contribution >= 4 is 50.0 Å². The largest absolute Gasteiger partial charge is 0.362 e.